The van der Waals surface area contributed by atoms with Gasteiger partial charge in [0.05, 0.1) is 11.5 Å². The van der Waals surface area contributed by atoms with E-state index in [1.165, 1.54) is 11.3 Å². The van der Waals surface area contributed by atoms with Crippen molar-refractivity contribution in [3.63, 3.8) is 0 Å². The molecule has 2 aromatic rings. The zero-order chi connectivity index (χ0) is 16.3. The molecular weight excluding hydrogens is 312 g/mol. The van der Waals surface area contributed by atoms with Crippen molar-refractivity contribution in [2.75, 3.05) is 19.7 Å². The van der Waals surface area contributed by atoms with Crippen molar-refractivity contribution in [3.05, 3.63) is 52.7 Å². The fraction of sp³-hybridized carbons (Fsp3) is 0.294. The summed E-state index contributed by atoms with van der Waals surface area (Å²) in [6.07, 6.45) is 1.06. The molecule has 2 rings (SSSR count). The number of para-hydroxylation sites is 1. The molecule has 1 aromatic carbocycles. The van der Waals surface area contributed by atoms with Crippen molar-refractivity contribution in [2.24, 2.45) is 0 Å². The second-order valence-electron chi connectivity index (χ2n) is 4.85. The van der Waals surface area contributed by atoms with Gasteiger partial charge in [0.15, 0.2) is 0 Å². The lowest BCUT2D eigenvalue weighted by Gasteiger charge is -2.07. The molecule has 0 saturated heterocycles. The maximum atomic E-state index is 11.7. The number of carbonyl (C=O) groups is 2. The lowest BCUT2D eigenvalue weighted by atomic mass is 10.3. The summed E-state index contributed by atoms with van der Waals surface area (Å²) < 4.78 is 5.52. The van der Waals surface area contributed by atoms with Crippen LogP contribution in [0.4, 0.5) is 0 Å². The molecule has 0 aliphatic carbocycles. The molecule has 0 aliphatic rings. The molecule has 0 radical (unpaired) electrons. The quantitative estimate of drug-likeness (QED) is 0.693. The Balaban J connectivity index is 1.49. The Bertz CT molecular complexity index is 600. The molecule has 0 unspecified atom stereocenters. The van der Waals surface area contributed by atoms with Crippen molar-refractivity contribution < 1.29 is 14.3 Å². The highest BCUT2D eigenvalue weighted by atomic mass is 32.1. The monoisotopic (exact) mass is 332 g/mol. The molecule has 2 N–H and O–H groups in total. The molecule has 0 fully saturated rings. The fourth-order valence-corrected chi connectivity index (χ4v) is 2.54. The van der Waals surface area contributed by atoms with Crippen LogP contribution in [0.1, 0.15) is 22.5 Å². The second kappa shape index (κ2) is 9.63. The number of benzene rings is 1. The van der Waals surface area contributed by atoms with Gasteiger partial charge in [-0.05, 0) is 30.0 Å². The molecule has 122 valence electrons. The first-order chi connectivity index (χ1) is 11.3. The maximum absolute atomic E-state index is 11.7. The van der Waals surface area contributed by atoms with E-state index in [2.05, 4.69) is 10.6 Å². The first-order valence-electron chi connectivity index (χ1n) is 7.52. The largest absolute Gasteiger partial charge is 0.494 e. The molecule has 23 heavy (non-hydrogen) atoms. The van der Waals surface area contributed by atoms with E-state index in [0.717, 1.165) is 5.75 Å². The van der Waals surface area contributed by atoms with E-state index in [-0.39, 0.29) is 11.8 Å². The number of hydrogen-bond donors (Lipinski definition) is 2. The van der Waals surface area contributed by atoms with Crippen LogP contribution in [0.5, 0.6) is 5.75 Å². The maximum Gasteiger partial charge on any atom is 0.261 e. The minimum absolute atomic E-state index is 0.0352. The highest BCUT2D eigenvalue weighted by Gasteiger charge is 2.05. The molecule has 2 amide bonds. The molecule has 1 aromatic heterocycles. The zero-order valence-corrected chi connectivity index (χ0v) is 13.6. The third-order valence-corrected chi connectivity index (χ3v) is 3.91. The summed E-state index contributed by atoms with van der Waals surface area (Å²) in [4.78, 5) is 24.0. The van der Waals surface area contributed by atoms with Gasteiger partial charge >= 0.3 is 0 Å². The van der Waals surface area contributed by atoms with Gasteiger partial charge in [-0.25, -0.2) is 0 Å². The van der Waals surface area contributed by atoms with Crippen molar-refractivity contribution >= 4 is 23.2 Å². The van der Waals surface area contributed by atoms with Crippen LogP contribution in [0.15, 0.2) is 47.8 Å². The standard InChI is InChI=1S/C17H20N2O3S/c20-16(9-4-12-22-14-6-2-1-3-7-14)18-10-11-19-17(21)15-8-5-13-23-15/h1-3,5-8,13H,4,9-12H2,(H,18,20)(H,19,21). The predicted molar refractivity (Wildman–Crippen MR) is 90.8 cm³/mol. The number of thiophene rings is 1. The van der Waals surface area contributed by atoms with Gasteiger partial charge in [-0.2, -0.15) is 0 Å². The lowest BCUT2D eigenvalue weighted by Crippen LogP contribution is -2.34. The van der Waals surface area contributed by atoms with E-state index in [1.807, 2.05) is 41.8 Å². The normalized spacial score (nSPS) is 10.1. The molecule has 0 aliphatic heterocycles. The van der Waals surface area contributed by atoms with Gasteiger partial charge in [0, 0.05) is 19.5 Å². The molecule has 6 heteroatoms. The van der Waals surface area contributed by atoms with Crippen LogP contribution in [-0.2, 0) is 4.79 Å². The number of ether oxygens (including phenoxy) is 1. The highest BCUT2D eigenvalue weighted by Crippen LogP contribution is 2.09. The smallest absolute Gasteiger partial charge is 0.261 e. The average molecular weight is 332 g/mol. The molecule has 0 spiro atoms. The van der Waals surface area contributed by atoms with E-state index in [4.69, 9.17) is 4.74 Å². The second-order valence-corrected chi connectivity index (χ2v) is 5.80. The molecule has 1 heterocycles. The van der Waals surface area contributed by atoms with Gasteiger partial charge in [-0.3, -0.25) is 9.59 Å². The summed E-state index contributed by atoms with van der Waals surface area (Å²) in [5, 5.41) is 7.39. The van der Waals surface area contributed by atoms with Crippen molar-refractivity contribution in [1.29, 1.82) is 0 Å². The first-order valence-corrected chi connectivity index (χ1v) is 8.40. The number of carbonyl (C=O) groups excluding carboxylic acids is 2. The van der Waals surface area contributed by atoms with Crippen LogP contribution in [0.2, 0.25) is 0 Å². The third kappa shape index (κ3) is 6.52. The van der Waals surface area contributed by atoms with Gasteiger partial charge in [-0.15, -0.1) is 11.3 Å². The predicted octanol–water partition coefficient (Wildman–Crippen LogP) is 2.45. The van der Waals surface area contributed by atoms with E-state index >= 15 is 0 Å². The first kappa shape index (κ1) is 17.0. The van der Waals surface area contributed by atoms with E-state index in [1.54, 1.807) is 6.07 Å². The lowest BCUT2D eigenvalue weighted by molar-refractivity contribution is -0.121. The summed E-state index contributed by atoms with van der Waals surface area (Å²) in [5.41, 5.74) is 0. The van der Waals surface area contributed by atoms with Crippen molar-refractivity contribution in [1.82, 2.24) is 10.6 Å². The molecule has 0 atom stereocenters. The van der Waals surface area contributed by atoms with Gasteiger partial charge < -0.3 is 15.4 Å². The highest BCUT2D eigenvalue weighted by molar-refractivity contribution is 7.12. The van der Waals surface area contributed by atoms with E-state index in [9.17, 15) is 9.59 Å². The molecule has 5 nitrogen and oxygen atoms in total. The van der Waals surface area contributed by atoms with Crippen LogP contribution in [0.3, 0.4) is 0 Å². The van der Waals surface area contributed by atoms with E-state index < -0.39 is 0 Å². The summed E-state index contributed by atoms with van der Waals surface area (Å²) in [6, 6.07) is 13.1. The summed E-state index contributed by atoms with van der Waals surface area (Å²) in [7, 11) is 0. The Morgan fingerprint density at radius 2 is 1.78 bits per heavy atom. The average Bonchev–Trinajstić information content (AvgIpc) is 3.11. The SMILES string of the molecule is O=C(CCCOc1ccccc1)NCCNC(=O)c1cccs1. The molecular formula is C17H20N2O3S. The Labute approximate surface area is 139 Å². The number of nitrogens with one attached hydrogen (secondary N) is 2. The molecule has 0 saturated carbocycles. The minimum Gasteiger partial charge on any atom is -0.494 e. The van der Waals surface area contributed by atoms with Crippen LogP contribution >= 0.6 is 11.3 Å². The fourth-order valence-electron chi connectivity index (χ4n) is 1.90. The zero-order valence-electron chi connectivity index (χ0n) is 12.8. The van der Waals surface area contributed by atoms with Crippen LogP contribution in [-0.4, -0.2) is 31.5 Å². The summed E-state index contributed by atoms with van der Waals surface area (Å²) >= 11 is 1.39. The Kier molecular flexibility index (Phi) is 7.13. The third-order valence-electron chi connectivity index (χ3n) is 3.04. The van der Waals surface area contributed by atoms with Crippen molar-refractivity contribution in [2.45, 2.75) is 12.8 Å². The van der Waals surface area contributed by atoms with Crippen LogP contribution in [0, 0.1) is 0 Å². The number of rotatable bonds is 9. The molecule has 0 bridgehead atoms. The minimum atomic E-state index is -0.106. The topological polar surface area (TPSA) is 67.4 Å². The van der Waals surface area contributed by atoms with Gasteiger partial charge in [0.25, 0.3) is 5.91 Å². The van der Waals surface area contributed by atoms with Gasteiger partial charge in [0.1, 0.15) is 5.75 Å². The Morgan fingerprint density at radius 3 is 2.52 bits per heavy atom. The van der Waals surface area contributed by atoms with E-state index in [0.29, 0.717) is 37.4 Å². The van der Waals surface area contributed by atoms with Crippen LogP contribution in [0.25, 0.3) is 0 Å². The summed E-state index contributed by atoms with van der Waals surface area (Å²) in [6.45, 7) is 1.35. The number of hydrogen-bond acceptors (Lipinski definition) is 4. The summed E-state index contributed by atoms with van der Waals surface area (Å²) in [5.74, 6) is 0.668. The van der Waals surface area contributed by atoms with Crippen LogP contribution < -0.4 is 15.4 Å². The Hall–Kier alpha value is -2.34. The Morgan fingerprint density at radius 1 is 1.00 bits per heavy atom. The van der Waals surface area contributed by atoms with Crippen molar-refractivity contribution in [3.8, 4) is 5.75 Å². The van der Waals surface area contributed by atoms with Gasteiger partial charge in [-0.1, -0.05) is 24.3 Å². The number of amides is 2. The van der Waals surface area contributed by atoms with Gasteiger partial charge in [0.2, 0.25) is 5.91 Å².